The van der Waals surface area contributed by atoms with E-state index in [1.165, 1.54) is 0 Å². The summed E-state index contributed by atoms with van der Waals surface area (Å²) in [6.45, 7) is 24.4. The van der Waals surface area contributed by atoms with E-state index in [2.05, 4.69) is 4.98 Å². The Hall–Kier alpha value is -9.06. The molecule has 5 heterocycles. The van der Waals surface area contributed by atoms with Crippen molar-refractivity contribution in [3.63, 3.8) is 0 Å². The summed E-state index contributed by atoms with van der Waals surface area (Å²) in [6.07, 6.45) is 16.5. The average Bonchev–Trinajstić information content (AvgIpc) is 1.58. The number of fused-ring (bicyclic) bond motifs is 8. The molecule has 1 N–H and O–H groups in total. The number of aromatic amines is 1. The monoisotopic (exact) mass is 1240 g/mol. The molecule has 0 amide bonds. The largest absolute Gasteiger partial charge is 0.423 e. The number of nitrogens with one attached hydrogen (secondary N) is 1. The van der Waals surface area contributed by atoms with Crippen molar-refractivity contribution >= 4 is 70.2 Å². The molecule has 0 radical (unpaired) electrons. The fraction of sp³-hybridized carbons (Fsp3) is 0.263. The minimum absolute atomic E-state index is 0. The number of esters is 4. The minimum atomic E-state index is -0.577. The summed E-state index contributed by atoms with van der Waals surface area (Å²) in [6, 6.07) is 39.1. The maximum Gasteiger partial charge on any atom is 0.336 e. The van der Waals surface area contributed by atoms with Gasteiger partial charge in [-0.3, -0.25) is 0 Å². The first-order valence-corrected chi connectivity index (χ1v) is 30.6. The van der Waals surface area contributed by atoms with Crippen LogP contribution in [0.3, 0.4) is 0 Å². The van der Waals surface area contributed by atoms with E-state index in [1.807, 2.05) is 215 Å². The molecule has 3 aromatic heterocycles. The number of rotatable bonds is 20. The number of benzene rings is 4. The number of nitrogens with zero attached hydrogens (tertiary/aromatic N) is 3. The molecule has 9 rings (SSSR count). The number of H-pyrrole nitrogens is 1. The molecule has 8 bridgehead atoms. The molecular weight excluding hydrogens is 1160 g/mol. The zero-order valence-corrected chi connectivity index (χ0v) is 56.2. The van der Waals surface area contributed by atoms with Crippen molar-refractivity contribution in [3.05, 3.63) is 197 Å². The first-order valence-electron chi connectivity index (χ1n) is 30.6. The molecule has 452 valence electrons. The molecule has 0 spiro atoms. The first-order chi connectivity index (χ1) is 42.4. The third-order valence-electron chi connectivity index (χ3n) is 15.9. The number of ether oxygens (including phenoxy) is 4. The van der Waals surface area contributed by atoms with Gasteiger partial charge in [0.15, 0.2) is 5.75 Å². The SMILES string of the molecule is CCC(=CC(=O)Oc1ccccc1-c1c(-c2ccccc2OC(=O)C=C(CC)C(C)C)c2c(-c3ccccc3OC(=O)C=C(CC)C(C)C)c3nc(cc4ccc(cc5nc(cc1n2-c1ccccc1OC(=O)C=C(CC)C(C)C)C=C5)[nH]4)C=C3)C(C)C.[Zn]. The van der Waals surface area contributed by atoms with Crippen LogP contribution in [-0.4, -0.2) is 43.4 Å². The Morgan fingerprint density at radius 3 is 1.20 bits per heavy atom. The van der Waals surface area contributed by atoms with E-state index in [1.54, 1.807) is 48.6 Å². The van der Waals surface area contributed by atoms with Crippen LogP contribution in [0.1, 0.15) is 132 Å². The predicted octanol–water partition coefficient (Wildman–Crippen LogP) is 18.7. The predicted molar refractivity (Wildman–Crippen MR) is 356 cm³/mol. The van der Waals surface area contributed by atoms with Crippen molar-refractivity contribution in [3.8, 4) is 62.1 Å². The molecule has 7 aromatic rings. The summed E-state index contributed by atoms with van der Waals surface area (Å²) >= 11 is 0. The first kappa shape index (κ1) is 65.9. The molecular formula is C76H78N4O8Zn. The molecule has 0 fully saturated rings. The maximum atomic E-state index is 14.6. The van der Waals surface area contributed by atoms with E-state index < -0.39 is 23.9 Å². The van der Waals surface area contributed by atoms with Crippen molar-refractivity contribution in [1.29, 1.82) is 0 Å². The van der Waals surface area contributed by atoms with Gasteiger partial charge in [-0.1, -0.05) is 172 Å². The second kappa shape index (κ2) is 29.8. The van der Waals surface area contributed by atoms with Crippen molar-refractivity contribution < 1.29 is 57.6 Å². The average molecular weight is 1240 g/mol. The molecule has 0 saturated carbocycles. The fourth-order valence-electron chi connectivity index (χ4n) is 11.2. The maximum absolute atomic E-state index is 14.6. The topological polar surface area (TPSA) is 152 Å². The zero-order chi connectivity index (χ0) is 62.8. The normalized spacial score (nSPS) is 12.7. The van der Waals surface area contributed by atoms with Gasteiger partial charge >= 0.3 is 23.9 Å². The van der Waals surface area contributed by atoms with Crippen LogP contribution in [0.2, 0.25) is 0 Å². The van der Waals surface area contributed by atoms with Crippen LogP contribution < -0.4 is 18.9 Å². The number of carbonyl (C=O) groups is 4. The molecule has 13 heteroatoms. The smallest absolute Gasteiger partial charge is 0.336 e. The standard InChI is InChI=1S/C76H78N4O8.Zn/c1-13-50(46(5)6)39-69(81)85-65-29-21-17-25-59(65)73-62-38-37-57(79-62)44-56-34-33-54(77-56)43-55-35-36-58(78-55)45-64-74(60-26-18-22-30-66(60)86-70(82)40-51(14-2)47(7)8)75(61-27-19-23-31-67(61)87-71(83)41-52(15-3)48(9)10)76(73)80(64)63-28-20-24-32-68(63)88-72(84)42-53(16-4)49(11)12;/h17-49,77H,13-16H2,1-12H3;. The van der Waals surface area contributed by atoms with Crippen molar-refractivity contribution in [1.82, 2.24) is 19.5 Å². The number of para-hydroxylation sites is 5. The summed E-state index contributed by atoms with van der Waals surface area (Å²) in [5.74, 6) is -1.17. The van der Waals surface area contributed by atoms with Crippen molar-refractivity contribution in [2.75, 3.05) is 0 Å². The van der Waals surface area contributed by atoms with Crippen molar-refractivity contribution in [2.24, 2.45) is 23.7 Å². The molecule has 2 aliphatic rings. The van der Waals surface area contributed by atoms with Gasteiger partial charge in [0.25, 0.3) is 0 Å². The Kier molecular flexibility index (Phi) is 22.0. The summed E-state index contributed by atoms with van der Waals surface area (Å²) in [4.78, 5) is 72.2. The Balaban J connectivity index is 0.0000102. The number of carbonyl (C=O) groups excluding carboxylic acids is 4. The molecule has 2 aliphatic heterocycles. The molecule has 89 heavy (non-hydrogen) atoms. The Bertz CT molecular complexity index is 4200. The van der Waals surface area contributed by atoms with Gasteiger partial charge in [0.2, 0.25) is 0 Å². The minimum Gasteiger partial charge on any atom is -0.423 e. The number of aromatic nitrogens is 4. The van der Waals surface area contributed by atoms with E-state index in [0.29, 0.717) is 98.6 Å². The van der Waals surface area contributed by atoms with Gasteiger partial charge in [-0.25, -0.2) is 29.1 Å². The van der Waals surface area contributed by atoms with Crippen LogP contribution in [0.4, 0.5) is 0 Å². The Morgan fingerprint density at radius 2 is 0.775 bits per heavy atom. The van der Waals surface area contributed by atoms with Gasteiger partial charge in [-0.15, -0.1) is 0 Å². The molecule has 4 aromatic carbocycles. The van der Waals surface area contributed by atoms with Gasteiger partial charge in [0, 0.05) is 88.2 Å². The molecule has 0 aliphatic carbocycles. The van der Waals surface area contributed by atoms with Crippen LogP contribution in [-0.2, 0) is 38.7 Å². The van der Waals surface area contributed by atoms with E-state index in [0.717, 1.165) is 33.3 Å². The van der Waals surface area contributed by atoms with Gasteiger partial charge in [0.05, 0.1) is 39.5 Å². The second-order valence-electron chi connectivity index (χ2n) is 23.1. The summed E-state index contributed by atoms with van der Waals surface area (Å²) in [7, 11) is 0. The molecule has 0 unspecified atom stereocenters. The zero-order valence-electron chi connectivity index (χ0n) is 53.2. The van der Waals surface area contributed by atoms with Gasteiger partial charge in [-0.2, -0.15) is 0 Å². The Morgan fingerprint density at radius 1 is 0.427 bits per heavy atom. The third-order valence-corrected chi connectivity index (χ3v) is 15.9. The van der Waals surface area contributed by atoms with Crippen LogP contribution in [0.15, 0.2) is 174 Å². The summed E-state index contributed by atoms with van der Waals surface area (Å²) < 4.78 is 28.3. The van der Waals surface area contributed by atoms with E-state index in [9.17, 15) is 19.2 Å². The Labute approximate surface area is 535 Å². The fourth-order valence-corrected chi connectivity index (χ4v) is 11.2. The van der Waals surface area contributed by atoms with Gasteiger partial charge < -0.3 is 28.5 Å². The van der Waals surface area contributed by atoms with Gasteiger partial charge in [-0.05, 0) is 134 Å². The van der Waals surface area contributed by atoms with Crippen LogP contribution in [0.25, 0.3) is 85.4 Å². The number of hydrogen-bond acceptors (Lipinski definition) is 10. The summed E-state index contributed by atoms with van der Waals surface area (Å²) in [5, 5.41) is 0. The second-order valence-corrected chi connectivity index (χ2v) is 23.1. The van der Waals surface area contributed by atoms with E-state index >= 15 is 0 Å². The molecule has 0 atom stereocenters. The quantitative estimate of drug-likeness (QED) is 0.0338. The van der Waals surface area contributed by atoms with Crippen LogP contribution in [0.5, 0.6) is 23.0 Å². The third kappa shape index (κ3) is 15.4. The number of hydrogen-bond donors (Lipinski definition) is 1. The van der Waals surface area contributed by atoms with E-state index in [4.69, 9.17) is 28.9 Å². The number of allylic oxidation sites excluding steroid dienone is 4. The van der Waals surface area contributed by atoms with E-state index in [-0.39, 0.29) is 66.1 Å². The van der Waals surface area contributed by atoms with Crippen LogP contribution in [0, 0.1) is 23.7 Å². The molecule has 0 saturated heterocycles. The van der Waals surface area contributed by atoms with Crippen LogP contribution >= 0.6 is 0 Å². The molecule has 12 nitrogen and oxygen atoms in total. The van der Waals surface area contributed by atoms with Crippen molar-refractivity contribution in [2.45, 2.75) is 109 Å². The summed E-state index contributed by atoms with van der Waals surface area (Å²) in [5.41, 5.74) is 11.6. The van der Waals surface area contributed by atoms with Gasteiger partial charge in [0.1, 0.15) is 17.2 Å².